The molecule has 1 atom stereocenters. The van der Waals surface area contributed by atoms with Gasteiger partial charge in [0.05, 0.1) is 11.6 Å². The Morgan fingerprint density at radius 1 is 1.21 bits per heavy atom. The molecule has 2 N–H and O–H groups in total. The number of likely N-dealkylation sites (N-methyl/N-ethyl adjacent to an activating group) is 1. The molecule has 1 rings (SSSR count). The van der Waals surface area contributed by atoms with Gasteiger partial charge in [0, 0.05) is 0 Å². The number of hydrogen-bond donors (Lipinski definition) is 2. The van der Waals surface area contributed by atoms with Crippen molar-refractivity contribution in [1.82, 2.24) is 10.6 Å². The van der Waals surface area contributed by atoms with E-state index in [4.69, 9.17) is 0 Å². The predicted octanol–water partition coefficient (Wildman–Crippen LogP) is 2.95. The van der Waals surface area contributed by atoms with Gasteiger partial charge in [0.15, 0.2) is 0 Å². The van der Waals surface area contributed by atoms with Crippen LogP contribution in [0, 0.1) is 6.92 Å². The van der Waals surface area contributed by atoms with Crippen LogP contribution in [-0.2, 0) is 4.79 Å². The Hall–Kier alpha value is -1.35. The number of carbonyl (C=O) groups excluding carboxylic acids is 1. The zero-order valence-electron chi connectivity index (χ0n) is 12.7. The molecule has 0 aliphatic heterocycles. The lowest BCUT2D eigenvalue weighted by molar-refractivity contribution is -0.127. The molecule has 1 aromatic carbocycles. The van der Waals surface area contributed by atoms with Gasteiger partial charge in [-0.15, -0.1) is 0 Å². The van der Waals surface area contributed by atoms with Crippen LogP contribution in [0.3, 0.4) is 0 Å². The molecule has 0 aliphatic carbocycles. The van der Waals surface area contributed by atoms with E-state index >= 15 is 0 Å². The van der Waals surface area contributed by atoms with Crippen molar-refractivity contribution >= 4 is 5.91 Å². The molecule has 0 saturated heterocycles. The van der Waals surface area contributed by atoms with Gasteiger partial charge in [-0.2, -0.15) is 0 Å². The van der Waals surface area contributed by atoms with Gasteiger partial charge >= 0.3 is 0 Å². The Bertz CT molecular complexity index is 409. The monoisotopic (exact) mass is 262 g/mol. The molecule has 1 unspecified atom stereocenters. The number of aryl methyl sites for hydroxylation is 1. The Labute approximate surface area is 116 Å². The first-order valence-corrected chi connectivity index (χ1v) is 7.03. The fourth-order valence-corrected chi connectivity index (χ4v) is 2.08. The van der Waals surface area contributed by atoms with Gasteiger partial charge in [0.2, 0.25) is 5.91 Å². The summed E-state index contributed by atoms with van der Waals surface area (Å²) in [6.07, 6.45) is 0.886. The van der Waals surface area contributed by atoms with Crippen molar-refractivity contribution in [2.75, 3.05) is 6.54 Å². The number of amides is 1. The summed E-state index contributed by atoms with van der Waals surface area (Å²) in [6.45, 7) is 10.8. The zero-order valence-corrected chi connectivity index (χ0v) is 12.7. The van der Waals surface area contributed by atoms with E-state index in [1.807, 2.05) is 20.8 Å². The number of hydrogen-bond acceptors (Lipinski definition) is 2. The van der Waals surface area contributed by atoms with E-state index in [0.717, 1.165) is 18.5 Å². The molecular formula is C16H26N2O. The molecule has 0 bridgehead atoms. The van der Waals surface area contributed by atoms with Gasteiger partial charge in [-0.25, -0.2) is 0 Å². The lowest BCUT2D eigenvalue weighted by Crippen LogP contribution is -2.53. The van der Waals surface area contributed by atoms with E-state index in [-0.39, 0.29) is 11.9 Å². The van der Waals surface area contributed by atoms with Crippen LogP contribution in [0.4, 0.5) is 0 Å². The Morgan fingerprint density at radius 3 is 2.26 bits per heavy atom. The van der Waals surface area contributed by atoms with E-state index in [0.29, 0.717) is 0 Å². The van der Waals surface area contributed by atoms with E-state index < -0.39 is 5.54 Å². The van der Waals surface area contributed by atoms with Crippen molar-refractivity contribution in [3.63, 3.8) is 0 Å². The average molecular weight is 262 g/mol. The standard InChI is InChI=1S/C16H26N2O/c1-6-14(13-10-8-12(3)9-11-13)18-15(19)16(4,5)17-7-2/h8-11,14,17H,6-7H2,1-5H3,(H,18,19). The number of benzene rings is 1. The molecule has 0 heterocycles. The lowest BCUT2D eigenvalue weighted by atomic mass is 9.99. The number of rotatable bonds is 6. The van der Waals surface area contributed by atoms with Crippen LogP contribution in [0.25, 0.3) is 0 Å². The first-order chi connectivity index (χ1) is 8.90. The quantitative estimate of drug-likeness (QED) is 0.827. The summed E-state index contributed by atoms with van der Waals surface area (Å²) in [7, 11) is 0. The van der Waals surface area contributed by atoms with Crippen molar-refractivity contribution in [2.24, 2.45) is 0 Å². The maximum Gasteiger partial charge on any atom is 0.240 e. The van der Waals surface area contributed by atoms with Gasteiger partial charge in [0.25, 0.3) is 0 Å². The SMILES string of the molecule is CCNC(C)(C)C(=O)NC(CC)c1ccc(C)cc1. The smallest absolute Gasteiger partial charge is 0.240 e. The van der Waals surface area contributed by atoms with E-state index in [1.54, 1.807) is 0 Å². The van der Waals surface area contributed by atoms with Crippen molar-refractivity contribution in [3.05, 3.63) is 35.4 Å². The normalized spacial score (nSPS) is 13.1. The molecule has 1 amide bonds. The van der Waals surface area contributed by atoms with Crippen molar-refractivity contribution < 1.29 is 4.79 Å². The molecule has 3 heteroatoms. The van der Waals surface area contributed by atoms with Gasteiger partial charge < -0.3 is 10.6 Å². The highest BCUT2D eigenvalue weighted by molar-refractivity contribution is 5.85. The number of nitrogens with one attached hydrogen (secondary N) is 2. The fourth-order valence-electron chi connectivity index (χ4n) is 2.08. The average Bonchev–Trinajstić information content (AvgIpc) is 2.36. The van der Waals surface area contributed by atoms with Gasteiger partial charge in [-0.3, -0.25) is 4.79 Å². The molecule has 0 saturated carbocycles. The van der Waals surface area contributed by atoms with Gasteiger partial charge in [-0.1, -0.05) is 43.7 Å². The summed E-state index contributed by atoms with van der Waals surface area (Å²) in [5.74, 6) is 0.0433. The first kappa shape index (κ1) is 15.7. The van der Waals surface area contributed by atoms with Crippen molar-refractivity contribution in [3.8, 4) is 0 Å². The minimum absolute atomic E-state index is 0.0433. The third-order valence-electron chi connectivity index (χ3n) is 3.38. The number of carbonyl (C=O) groups is 1. The Balaban J connectivity index is 2.77. The van der Waals surface area contributed by atoms with Crippen LogP contribution >= 0.6 is 0 Å². The second-order valence-electron chi connectivity index (χ2n) is 5.50. The summed E-state index contributed by atoms with van der Waals surface area (Å²) >= 11 is 0. The lowest BCUT2D eigenvalue weighted by Gasteiger charge is -2.28. The Morgan fingerprint density at radius 2 is 1.79 bits per heavy atom. The first-order valence-electron chi connectivity index (χ1n) is 7.03. The molecule has 19 heavy (non-hydrogen) atoms. The summed E-state index contributed by atoms with van der Waals surface area (Å²) in [5.41, 5.74) is 1.86. The molecule has 1 aromatic rings. The maximum atomic E-state index is 12.3. The fraction of sp³-hybridized carbons (Fsp3) is 0.562. The summed E-state index contributed by atoms with van der Waals surface area (Å²) in [5, 5.41) is 6.33. The molecule has 0 aliphatic rings. The second kappa shape index (κ2) is 6.71. The van der Waals surface area contributed by atoms with Gasteiger partial charge in [0.1, 0.15) is 0 Å². The molecule has 0 aromatic heterocycles. The van der Waals surface area contributed by atoms with Crippen molar-refractivity contribution in [2.45, 2.75) is 52.6 Å². The highest BCUT2D eigenvalue weighted by Gasteiger charge is 2.27. The maximum absolute atomic E-state index is 12.3. The largest absolute Gasteiger partial charge is 0.348 e. The topological polar surface area (TPSA) is 41.1 Å². The third kappa shape index (κ3) is 4.35. The molecular weight excluding hydrogens is 236 g/mol. The summed E-state index contributed by atoms with van der Waals surface area (Å²) < 4.78 is 0. The van der Waals surface area contributed by atoms with Gasteiger partial charge in [-0.05, 0) is 39.3 Å². The van der Waals surface area contributed by atoms with E-state index in [2.05, 4.69) is 48.7 Å². The highest BCUT2D eigenvalue weighted by Crippen LogP contribution is 2.18. The minimum Gasteiger partial charge on any atom is -0.348 e. The summed E-state index contributed by atoms with van der Waals surface area (Å²) in [4.78, 5) is 12.3. The van der Waals surface area contributed by atoms with E-state index in [9.17, 15) is 4.79 Å². The minimum atomic E-state index is -0.535. The summed E-state index contributed by atoms with van der Waals surface area (Å²) in [6, 6.07) is 8.42. The Kier molecular flexibility index (Phi) is 5.55. The van der Waals surface area contributed by atoms with Crippen LogP contribution in [0.1, 0.15) is 51.3 Å². The van der Waals surface area contributed by atoms with Crippen molar-refractivity contribution in [1.29, 1.82) is 0 Å². The van der Waals surface area contributed by atoms with Crippen LogP contribution in [0.15, 0.2) is 24.3 Å². The molecule has 106 valence electrons. The van der Waals surface area contributed by atoms with Crippen LogP contribution in [0.5, 0.6) is 0 Å². The highest BCUT2D eigenvalue weighted by atomic mass is 16.2. The van der Waals surface area contributed by atoms with Crippen LogP contribution in [0.2, 0.25) is 0 Å². The van der Waals surface area contributed by atoms with Crippen LogP contribution < -0.4 is 10.6 Å². The zero-order chi connectivity index (χ0) is 14.5. The third-order valence-corrected chi connectivity index (χ3v) is 3.38. The second-order valence-corrected chi connectivity index (χ2v) is 5.50. The molecule has 0 radical (unpaired) electrons. The predicted molar refractivity (Wildman–Crippen MR) is 80.1 cm³/mol. The molecule has 0 spiro atoms. The molecule has 3 nitrogen and oxygen atoms in total. The van der Waals surface area contributed by atoms with Crippen LogP contribution in [-0.4, -0.2) is 18.0 Å². The molecule has 0 fully saturated rings. The van der Waals surface area contributed by atoms with E-state index in [1.165, 1.54) is 5.56 Å².